The predicted octanol–water partition coefficient (Wildman–Crippen LogP) is 4.06. The van der Waals surface area contributed by atoms with Gasteiger partial charge in [0.15, 0.2) is 0 Å². The van der Waals surface area contributed by atoms with E-state index in [1.165, 1.54) is 37.7 Å². The quantitative estimate of drug-likeness (QED) is 0.820. The maximum Gasteiger partial charge on any atom is 0.0741 e. The molecule has 2 unspecified atom stereocenters. The average molecular weight is 275 g/mol. The summed E-state index contributed by atoms with van der Waals surface area (Å²) in [6.07, 6.45) is 7.47. The van der Waals surface area contributed by atoms with Gasteiger partial charge < -0.3 is 10.4 Å². The SMILES string of the molecule is CCC(C)(O)CNC(c1ccccc1)C1CCCCC1. The van der Waals surface area contributed by atoms with Crippen molar-refractivity contribution in [1.82, 2.24) is 5.32 Å². The lowest BCUT2D eigenvalue weighted by molar-refractivity contribution is 0.0491. The first-order valence-corrected chi connectivity index (χ1v) is 8.13. The highest BCUT2D eigenvalue weighted by Gasteiger charge is 2.27. The molecule has 2 heteroatoms. The zero-order chi connectivity index (χ0) is 14.4. The van der Waals surface area contributed by atoms with E-state index in [1.807, 2.05) is 13.8 Å². The fraction of sp³-hybridized carbons (Fsp3) is 0.667. The molecular weight excluding hydrogens is 246 g/mol. The van der Waals surface area contributed by atoms with Crippen molar-refractivity contribution in [3.8, 4) is 0 Å². The van der Waals surface area contributed by atoms with Crippen molar-refractivity contribution < 1.29 is 5.11 Å². The molecule has 1 fully saturated rings. The molecule has 1 saturated carbocycles. The molecule has 0 saturated heterocycles. The molecule has 2 N–H and O–H groups in total. The molecule has 2 atom stereocenters. The molecule has 0 heterocycles. The van der Waals surface area contributed by atoms with Gasteiger partial charge in [-0.3, -0.25) is 0 Å². The van der Waals surface area contributed by atoms with Crippen molar-refractivity contribution in [2.24, 2.45) is 5.92 Å². The summed E-state index contributed by atoms with van der Waals surface area (Å²) in [5.74, 6) is 0.707. The van der Waals surface area contributed by atoms with E-state index in [0.29, 0.717) is 18.5 Å². The third-order valence-corrected chi connectivity index (χ3v) is 4.74. The predicted molar refractivity (Wildman–Crippen MR) is 84.7 cm³/mol. The maximum absolute atomic E-state index is 10.3. The van der Waals surface area contributed by atoms with E-state index >= 15 is 0 Å². The van der Waals surface area contributed by atoms with Crippen LogP contribution in [0.15, 0.2) is 30.3 Å². The highest BCUT2D eigenvalue weighted by molar-refractivity contribution is 5.20. The number of hydrogen-bond donors (Lipinski definition) is 2. The van der Waals surface area contributed by atoms with Crippen LogP contribution in [0.3, 0.4) is 0 Å². The summed E-state index contributed by atoms with van der Waals surface area (Å²) in [6, 6.07) is 11.1. The lowest BCUT2D eigenvalue weighted by Gasteiger charge is -2.34. The minimum Gasteiger partial charge on any atom is -0.389 e. The summed E-state index contributed by atoms with van der Waals surface area (Å²) < 4.78 is 0. The molecule has 2 nitrogen and oxygen atoms in total. The van der Waals surface area contributed by atoms with E-state index in [4.69, 9.17) is 0 Å². The zero-order valence-corrected chi connectivity index (χ0v) is 12.9. The van der Waals surface area contributed by atoms with Crippen LogP contribution in [-0.2, 0) is 0 Å². The van der Waals surface area contributed by atoms with Crippen molar-refractivity contribution >= 4 is 0 Å². The van der Waals surface area contributed by atoms with Crippen LogP contribution in [0.4, 0.5) is 0 Å². The van der Waals surface area contributed by atoms with Gasteiger partial charge >= 0.3 is 0 Å². The lowest BCUT2D eigenvalue weighted by atomic mass is 9.81. The van der Waals surface area contributed by atoms with Gasteiger partial charge in [0, 0.05) is 12.6 Å². The Morgan fingerprint density at radius 3 is 2.45 bits per heavy atom. The minimum absolute atomic E-state index is 0.384. The van der Waals surface area contributed by atoms with Gasteiger partial charge in [0.1, 0.15) is 0 Å². The Balaban J connectivity index is 2.07. The van der Waals surface area contributed by atoms with E-state index in [2.05, 4.69) is 35.6 Å². The van der Waals surface area contributed by atoms with Crippen molar-refractivity contribution in [3.05, 3.63) is 35.9 Å². The summed E-state index contributed by atoms with van der Waals surface area (Å²) in [6.45, 7) is 4.63. The molecule has 0 spiro atoms. The van der Waals surface area contributed by atoms with Crippen molar-refractivity contribution in [2.75, 3.05) is 6.54 Å². The van der Waals surface area contributed by atoms with Crippen molar-refractivity contribution in [2.45, 2.75) is 64.0 Å². The smallest absolute Gasteiger partial charge is 0.0741 e. The van der Waals surface area contributed by atoms with Crippen LogP contribution < -0.4 is 5.32 Å². The second-order valence-corrected chi connectivity index (χ2v) is 6.52. The zero-order valence-electron chi connectivity index (χ0n) is 12.9. The van der Waals surface area contributed by atoms with Crippen LogP contribution in [0.1, 0.15) is 64.0 Å². The second kappa shape index (κ2) is 7.24. The summed E-state index contributed by atoms with van der Waals surface area (Å²) in [4.78, 5) is 0. The molecule has 2 rings (SSSR count). The number of nitrogens with one attached hydrogen (secondary N) is 1. The first kappa shape index (κ1) is 15.5. The Bertz CT molecular complexity index is 382. The van der Waals surface area contributed by atoms with Gasteiger partial charge in [-0.15, -0.1) is 0 Å². The van der Waals surface area contributed by atoms with E-state index < -0.39 is 5.60 Å². The Morgan fingerprint density at radius 1 is 1.20 bits per heavy atom. The number of aliphatic hydroxyl groups is 1. The number of benzene rings is 1. The monoisotopic (exact) mass is 275 g/mol. The highest BCUT2D eigenvalue weighted by Crippen LogP contribution is 2.34. The topological polar surface area (TPSA) is 32.3 Å². The molecule has 0 aliphatic heterocycles. The first-order chi connectivity index (χ1) is 9.62. The van der Waals surface area contributed by atoms with E-state index in [9.17, 15) is 5.11 Å². The maximum atomic E-state index is 10.3. The Morgan fingerprint density at radius 2 is 1.85 bits per heavy atom. The molecule has 1 aliphatic rings. The molecule has 0 radical (unpaired) electrons. The number of hydrogen-bond acceptors (Lipinski definition) is 2. The summed E-state index contributed by atoms with van der Waals surface area (Å²) in [7, 11) is 0. The Kier molecular flexibility index (Phi) is 5.62. The van der Waals surface area contributed by atoms with Crippen LogP contribution in [-0.4, -0.2) is 17.3 Å². The van der Waals surface area contributed by atoms with Crippen LogP contribution in [0, 0.1) is 5.92 Å². The van der Waals surface area contributed by atoms with Gasteiger partial charge in [-0.1, -0.05) is 56.5 Å². The van der Waals surface area contributed by atoms with Gasteiger partial charge in [-0.05, 0) is 37.7 Å². The lowest BCUT2D eigenvalue weighted by Crippen LogP contribution is -2.41. The van der Waals surface area contributed by atoms with Crippen molar-refractivity contribution in [1.29, 1.82) is 0 Å². The van der Waals surface area contributed by atoms with Crippen LogP contribution in [0.5, 0.6) is 0 Å². The van der Waals surface area contributed by atoms with Gasteiger partial charge in [-0.2, -0.15) is 0 Å². The molecule has 0 amide bonds. The largest absolute Gasteiger partial charge is 0.389 e. The van der Waals surface area contributed by atoms with E-state index in [1.54, 1.807) is 0 Å². The molecule has 1 aromatic carbocycles. The molecule has 1 aliphatic carbocycles. The summed E-state index contributed by atoms with van der Waals surface area (Å²) >= 11 is 0. The standard InChI is InChI=1S/C18H29NO/c1-3-18(2,20)14-19-17(15-10-6-4-7-11-15)16-12-8-5-9-13-16/h4,6-7,10-11,16-17,19-20H,3,5,8-9,12-14H2,1-2H3. The van der Waals surface area contributed by atoms with Crippen LogP contribution in [0.25, 0.3) is 0 Å². The number of rotatable bonds is 6. The van der Waals surface area contributed by atoms with Crippen LogP contribution in [0.2, 0.25) is 0 Å². The van der Waals surface area contributed by atoms with Gasteiger partial charge in [0.05, 0.1) is 5.60 Å². The van der Waals surface area contributed by atoms with Gasteiger partial charge in [0.2, 0.25) is 0 Å². The van der Waals surface area contributed by atoms with E-state index in [-0.39, 0.29) is 0 Å². The molecule has 0 bridgehead atoms. The summed E-state index contributed by atoms with van der Waals surface area (Å²) in [5.41, 5.74) is 0.758. The Labute approximate surface area is 123 Å². The average Bonchev–Trinajstić information content (AvgIpc) is 2.49. The fourth-order valence-corrected chi connectivity index (χ4v) is 3.14. The van der Waals surface area contributed by atoms with Crippen LogP contribution >= 0.6 is 0 Å². The van der Waals surface area contributed by atoms with Gasteiger partial charge in [0.25, 0.3) is 0 Å². The third-order valence-electron chi connectivity index (χ3n) is 4.74. The van der Waals surface area contributed by atoms with E-state index in [0.717, 1.165) is 6.42 Å². The normalized spacial score (nSPS) is 21.4. The summed E-state index contributed by atoms with van der Waals surface area (Å²) in [5, 5.41) is 13.9. The molecule has 1 aromatic rings. The molecule has 112 valence electrons. The third kappa shape index (κ3) is 4.32. The van der Waals surface area contributed by atoms with Gasteiger partial charge in [-0.25, -0.2) is 0 Å². The minimum atomic E-state index is -0.609. The first-order valence-electron chi connectivity index (χ1n) is 8.13. The molecule has 20 heavy (non-hydrogen) atoms. The van der Waals surface area contributed by atoms with Crippen molar-refractivity contribution in [3.63, 3.8) is 0 Å². The second-order valence-electron chi connectivity index (χ2n) is 6.52. The highest BCUT2D eigenvalue weighted by atomic mass is 16.3. The fourth-order valence-electron chi connectivity index (χ4n) is 3.14. The Hall–Kier alpha value is -0.860. The molecule has 0 aromatic heterocycles. The molecular formula is C18H29NO.